The molecule has 0 saturated carbocycles. The summed E-state index contributed by atoms with van der Waals surface area (Å²) in [5.41, 5.74) is 2.31. The molecule has 0 bridgehead atoms. The minimum atomic E-state index is -0.135. The number of hydrogen-bond donors (Lipinski definition) is 1. The largest absolute Gasteiger partial charge is 0.467 e. The number of nitrogens with zero attached hydrogens (tertiary/aromatic N) is 2. The fourth-order valence-electron chi connectivity index (χ4n) is 2.71. The van der Waals surface area contributed by atoms with Gasteiger partial charge in [-0.15, -0.1) is 11.3 Å². The zero-order valence-corrected chi connectivity index (χ0v) is 16.1. The Morgan fingerprint density at radius 2 is 1.96 bits per heavy atom. The van der Waals surface area contributed by atoms with Gasteiger partial charge < -0.3 is 14.6 Å². The minimum Gasteiger partial charge on any atom is -0.467 e. The Kier molecular flexibility index (Phi) is 6.03. The van der Waals surface area contributed by atoms with Crippen molar-refractivity contribution in [2.24, 2.45) is 0 Å². The van der Waals surface area contributed by atoms with Crippen molar-refractivity contribution < 1.29 is 14.0 Å². The van der Waals surface area contributed by atoms with Gasteiger partial charge in [-0.2, -0.15) is 0 Å². The van der Waals surface area contributed by atoms with Crippen LogP contribution in [-0.4, -0.2) is 28.7 Å². The van der Waals surface area contributed by atoms with E-state index >= 15 is 0 Å². The number of amides is 2. The number of carbonyl (C=O) groups is 2. The predicted molar refractivity (Wildman–Crippen MR) is 103 cm³/mol. The van der Waals surface area contributed by atoms with Gasteiger partial charge in [-0.25, -0.2) is 4.98 Å². The Hall–Kier alpha value is -2.93. The molecule has 0 radical (unpaired) electrons. The molecule has 0 atom stereocenters. The normalized spacial score (nSPS) is 10.6. The number of thiazole rings is 1. The number of nitrogens with one attached hydrogen (secondary N) is 1. The molecule has 0 aliphatic rings. The van der Waals surface area contributed by atoms with Crippen molar-refractivity contribution in [2.75, 3.05) is 7.05 Å². The molecule has 140 valence electrons. The Morgan fingerprint density at radius 1 is 1.19 bits per heavy atom. The Balaban J connectivity index is 1.74. The van der Waals surface area contributed by atoms with E-state index in [1.807, 2.05) is 30.5 Å². The topological polar surface area (TPSA) is 75.4 Å². The van der Waals surface area contributed by atoms with Crippen LogP contribution in [0.2, 0.25) is 0 Å². The highest BCUT2D eigenvalue weighted by Crippen LogP contribution is 2.15. The molecule has 1 aromatic carbocycles. The van der Waals surface area contributed by atoms with Gasteiger partial charge >= 0.3 is 0 Å². The predicted octanol–water partition coefficient (Wildman–Crippen LogP) is 3.18. The van der Waals surface area contributed by atoms with Crippen LogP contribution in [0.25, 0.3) is 0 Å². The molecule has 2 aromatic heterocycles. The Labute approximate surface area is 161 Å². The molecule has 0 aliphatic heterocycles. The molecule has 1 N–H and O–H groups in total. The summed E-state index contributed by atoms with van der Waals surface area (Å²) in [5, 5.41) is 5.45. The summed E-state index contributed by atoms with van der Waals surface area (Å²) in [6.07, 6.45) is 1.85. The maximum absolute atomic E-state index is 12.9. The van der Waals surface area contributed by atoms with Crippen molar-refractivity contribution in [3.8, 4) is 0 Å². The SMILES string of the molecule is CNC(=O)c1ccc(CN(Cc2ccco2)C(=O)Cc2csc(C)n2)cc1. The summed E-state index contributed by atoms with van der Waals surface area (Å²) in [6, 6.07) is 10.9. The number of aromatic nitrogens is 1. The van der Waals surface area contributed by atoms with E-state index in [2.05, 4.69) is 10.3 Å². The third-order valence-corrected chi connectivity index (χ3v) is 4.92. The van der Waals surface area contributed by atoms with Crippen molar-refractivity contribution in [3.05, 3.63) is 75.6 Å². The maximum Gasteiger partial charge on any atom is 0.251 e. The molecule has 0 unspecified atom stereocenters. The van der Waals surface area contributed by atoms with Crippen molar-refractivity contribution in [1.29, 1.82) is 0 Å². The number of benzene rings is 1. The van der Waals surface area contributed by atoms with Crippen LogP contribution in [-0.2, 0) is 24.3 Å². The first kappa shape index (κ1) is 18.8. The summed E-state index contributed by atoms with van der Waals surface area (Å²) >= 11 is 1.54. The van der Waals surface area contributed by atoms with E-state index in [-0.39, 0.29) is 18.2 Å². The minimum absolute atomic E-state index is 0.0212. The molecule has 6 nitrogen and oxygen atoms in total. The van der Waals surface area contributed by atoms with Crippen LogP contribution in [0.1, 0.15) is 32.4 Å². The zero-order chi connectivity index (χ0) is 19.2. The van der Waals surface area contributed by atoms with Gasteiger partial charge in [0.2, 0.25) is 5.91 Å². The van der Waals surface area contributed by atoms with Crippen LogP contribution in [0.3, 0.4) is 0 Å². The summed E-state index contributed by atoms with van der Waals surface area (Å²) in [5.74, 6) is 0.566. The molecule has 0 saturated heterocycles. The number of hydrogen-bond acceptors (Lipinski definition) is 5. The fraction of sp³-hybridized carbons (Fsp3) is 0.250. The third-order valence-electron chi connectivity index (χ3n) is 4.10. The lowest BCUT2D eigenvalue weighted by atomic mass is 10.1. The lowest BCUT2D eigenvalue weighted by Gasteiger charge is -2.22. The fourth-order valence-corrected chi connectivity index (χ4v) is 3.32. The second-order valence-electron chi connectivity index (χ2n) is 6.14. The lowest BCUT2D eigenvalue weighted by molar-refractivity contribution is -0.132. The van der Waals surface area contributed by atoms with Crippen molar-refractivity contribution >= 4 is 23.2 Å². The monoisotopic (exact) mass is 383 g/mol. The number of furan rings is 1. The highest BCUT2D eigenvalue weighted by molar-refractivity contribution is 7.09. The molecule has 3 aromatic rings. The van der Waals surface area contributed by atoms with E-state index < -0.39 is 0 Å². The number of rotatable bonds is 7. The summed E-state index contributed by atoms with van der Waals surface area (Å²) < 4.78 is 5.41. The van der Waals surface area contributed by atoms with E-state index in [9.17, 15) is 9.59 Å². The first-order chi connectivity index (χ1) is 13.0. The van der Waals surface area contributed by atoms with Gasteiger partial charge in [-0.1, -0.05) is 12.1 Å². The van der Waals surface area contributed by atoms with Crippen LogP contribution >= 0.6 is 11.3 Å². The summed E-state index contributed by atoms with van der Waals surface area (Å²) in [4.78, 5) is 30.7. The molecule has 27 heavy (non-hydrogen) atoms. The van der Waals surface area contributed by atoms with E-state index in [0.29, 0.717) is 18.7 Å². The van der Waals surface area contributed by atoms with Crippen molar-refractivity contribution in [2.45, 2.75) is 26.4 Å². The van der Waals surface area contributed by atoms with Gasteiger partial charge in [-0.05, 0) is 36.8 Å². The van der Waals surface area contributed by atoms with E-state index in [4.69, 9.17) is 4.42 Å². The molecular weight excluding hydrogens is 362 g/mol. The van der Waals surface area contributed by atoms with Gasteiger partial charge in [-0.3, -0.25) is 9.59 Å². The van der Waals surface area contributed by atoms with Crippen LogP contribution in [0, 0.1) is 6.92 Å². The van der Waals surface area contributed by atoms with E-state index in [0.717, 1.165) is 22.0 Å². The molecule has 3 rings (SSSR count). The molecule has 0 spiro atoms. The van der Waals surface area contributed by atoms with Crippen molar-refractivity contribution in [3.63, 3.8) is 0 Å². The van der Waals surface area contributed by atoms with Crippen LogP contribution < -0.4 is 5.32 Å². The summed E-state index contributed by atoms with van der Waals surface area (Å²) in [6.45, 7) is 2.73. The molecule has 0 fully saturated rings. The van der Waals surface area contributed by atoms with Gasteiger partial charge in [0.05, 0.1) is 29.9 Å². The Bertz CT molecular complexity index is 901. The van der Waals surface area contributed by atoms with Crippen LogP contribution in [0.5, 0.6) is 0 Å². The number of carbonyl (C=O) groups excluding carboxylic acids is 2. The van der Waals surface area contributed by atoms with E-state index in [1.54, 1.807) is 36.4 Å². The second-order valence-corrected chi connectivity index (χ2v) is 7.20. The molecule has 2 amide bonds. The Morgan fingerprint density at radius 3 is 2.56 bits per heavy atom. The standard InChI is InChI=1S/C20H21N3O3S/c1-14-22-17(13-27-14)10-19(24)23(12-18-4-3-9-26-18)11-15-5-7-16(8-6-15)20(25)21-2/h3-9,13H,10-12H2,1-2H3,(H,21,25). The first-order valence-corrected chi connectivity index (χ1v) is 9.45. The highest BCUT2D eigenvalue weighted by atomic mass is 32.1. The molecule has 0 aliphatic carbocycles. The first-order valence-electron chi connectivity index (χ1n) is 8.57. The average molecular weight is 383 g/mol. The lowest BCUT2D eigenvalue weighted by Crippen LogP contribution is -2.31. The van der Waals surface area contributed by atoms with Gasteiger partial charge in [0.15, 0.2) is 0 Å². The zero-order valence-electron chi connectivity index (χ0n) is 15.3. The average Bonchev–Trinajstić information content (AvgIpc) is 3.32. The second kappa shape index (κ2) is 8.64. The quantitative estimate of drug-likeness (QED) is 0.680. The number of aryl methyl sites for hydroxylation is 1. The highest BCUT2D eigenvalue weighted by Gasteiger charge is 2.18. The molecular formula is C20H21N3O3S. The molecule has 2 heterocycles. The van der Waals surface area contributed by atoms with Gasteiger partial charge in [0.25, 0.3) is 5.91 Å². The maximum atomic E-state index is 12.9. The van der Waals surface area contributed by atoms with Crippen molar-refractivity contribution in [1.82, 2.24) is 15.2 Å². The smallest absolute Gasteiger partial charge is 0.251 e. The third kappa shape index (κ3) is 5.04. The van der Waals surface area contributed by atoms with E-state index in [1.165, 1.54) is 11.3 Å². The summed E-state index contributed by atoms with van der Waals surface area (Å²) in [7, 11) is 1.60. The molecule has 7 heteroatoms. The van der Waals surface area contributed by atoms with Crippen LogP contribution in [0.4, 0.5) is 0 Å². The van der Waals surface area contributed by atoms with Gasteiger partial charge in [0, 0.05) is 24.5 Å². The van der Waals surface area contributed by atoms with Gasteiger partial charge in [0.1, 0.15) is 5.76 Å². The van der Waals surface area contributed by atoms with Crippen LogP contribution in [0.15, 0.2) is 52.5 Å².